The van der Waals surface area contributed by atoms with Gasteiger partial charge in [0.1, 0.15) is 5.75 Å². The van der Waals surface area contributed by atoms with E-state index in [-0.39, 0.29) is 12.3 Å². The fourth-order valence-corrected chi connectivity index (χ4v) is 3.25. The van der Waals surface area contributed by atoms with Gasteiger partial charge in [-0.15, -0.1) is 0 Å². The minimum Gasteiger partial charge on any atom is -0.483 e. The predicted octanol–water partition coefficient (Wildman–Crippen LogP) is 3.42. The lowest BCUT2D eigenvalue weighted by atomic mass is 10.1. The van der Waals surface area contributed by atoms with Gasteiger partial charge in [0, 0.05) is 36.5 Å². The van der Waals surface area contributed by atoms with E-state index in [9.17, 15) is 14.9 Å². The number of aryl methyl sites for hydroxylation is 1. The van der Waals surface area contributed by atoms with Gasteiger partial charge in [0.15, 0.2) is 6.61 Å². The Hall–Kier alpha value is -3.42. The molecule has 8 heteroatoms. The maximum Gasteiger partial charge on any atom is 0.277 e. The molecule has 1 N–H and O–H groups in total. The summed E-state index contributed by atoms with van der Waals surface area (Å²) in [4.78, 5) is 24.9. The quantitative estimate of drug-likeness (QED) is 0.439. The molecule has 2 aromatic carbocycles. The van der Waals surface area contributed by atoms with Crippen molar-refractivity contribution in [2.24, 2.45) is 5.10 Å². The second-order valence-corrected chi connectivity index (χ2v) is 6.90. The van der Waals surface area contributed by atoms with Crippen LogP contribution < -0.4 is 15.1 Å². The van der Waals surface area contributed by atoms with E-state index in [2.05, 4.69) is 15.4 Å². The number of carbonyl (C=O) groups excluding carboxylic acids is 1. The van der Waals surface area contributed by atoms with Crippen LogP contribution in [0.3, 0.4) is 0 Å². The van der Waals surface area contributed by atoms with Gasteiger partial charge in [-0.2, -0.15) is 5.10 Å². The summed E-state index contributed by atoms with van der Waals surface area (Å²) in [6, 6.07) is 12.1. The number of para-hydroxylation sites is 1. The van der Waals surface area contributed by atoms with Crippen LogP contribution in [0, 0.1) is 17.0 Å². The lowest BCUT2D eigenvalue weighted by Crippen LogP contribution is -2.30. The number of non-ortho nitro benzene ring substituents is 1. The first-order chi connectivity index (χ1) is 14.0. The molecule has 0 bridgehead atoms. The first kappa shape index (κ1) is 20.3. The third-order valence-electron chi connectivity index (χ3n) is 4.76. The number of piperidine rings is 1. The number of nitrogens with zero attached hydrogens (tertiary/aromatic N) is 3. The number of rotatable bonds is 7. The third kappa shape index (κ3) is 5.54. The molecule has 0 aliphatic carbocycles. The van der Waals surface area contributed by atoms with Crippen molar-refractivity contribution in [3.8, 4) is 5.75 Å². The summed E-state index contributed by atoms with van der Waals surface area (Å²) < 4.78 is 5.49. The molecule has 0 atom stereocenters. The highest BCUT2D eigenvalue weighted by Gasteiger charge is 2.17. The van der Waals surface area contributed by atoms with Crippen molar-refractivity contribution in [3.63, 3.8) is 0 Å². The molecule has 152 valence electrons. The van der Waals surface area contributed by atoms with Gasteiger partial charge in [-0.25, -0.2) is 5.43 Å². The van der Waals surface area contributed by atoms with Crippen molar-refractivity contribution in [3.05, 3.63) is 63.7 Å². The number of benzene rings is 2. The molecule has 1 fully saturated rings. The smallest absolute Gasteiger partial charge is 0.277 e. The largest absolute Gasteiger partial charge is 0.483 e. The van der Waals surface area contributed by atoms with Gasteiger partial charge in [-0.3, -0.25) is 14.9 Å². The van der Waals surface area contributed by atoms with Crippen LogP contribution in [0.25, 0.3) is 0 Å². The van der Waals surface area contributed by atoms with Gasteiger partial charge in [-0.05, 0) is 43.9 Å². The number of carbonyl (C=O) groups is 1. The summed E-state index contributed by atoms with van der Waals surface area (Å²) in [5, 5.41) is 15.1. The van der Waals surface area contributed by atoms with Crippen LogP contribution in [-0.2, 0) is 4.79 Å². The molecule has 3 rings (SSSR count). The number of nitro benzene ring substituents is 1. The minimum absolute atomic E-state index is 0.0126. The molecular weight excluding hydrogens is 372 g/mol. The predicted molar refractivity (Wildman–Crippen MR) is 112 cm³/mol. The van der Waals surface area contributed by atoms with Crippen LogP contribution in [0.2, 0.25) is 0 Å². The van der Waals surface area contributed by atoms with E-state index in [1.165, 1.54) is 24.8 Å². The molecule has 0 unspecified atom stereocenters. The van der Waals surface area contributed by atoms with Crippen LogP contribution >= 0.6 is 0 Å². The highest BCUT2D eigenvalue weighted by Crippen LogP contribution is 2.27. The standard InChI is InChI=1S/C21H24N4O4/c1-16-7-3-4-8-20(16)29-15-21(26)23-22-14-17-13-18(25(27)28)9-10-19(17)24-11-5-2-6-12-24/h3-4,7-10,13-14H,2,5-6,11-12,15H2,1H3,(H,23,26)/b22-14-. The number of nitro groups is 1. The second kappa shape index (κ2) is 9.68. The number of hydrazone groups is 1. The van der Waals surface area contributed by atoms with E-state index < -0.39 is 10.8 Å². The molecule has 1 aliphatic heterocycles. The van der Waals surface area contributed by atoms with Crippen molar-refractivity contribution in [2.75, 3.05) is 24.6 Å². The Morgan fingerprint density at radius 1 is 1.24 bits per heavy atom. The van der Waals surface area contributed by atoms with E-state index in [0.717, 1.165) is 37.2 Å². The van der Waals surface area contributed by atoms with E-state index in [4.69, 9.17) is 4.74 Å². The SMILES string of the molecule is Cc1ccccc1OCC(=O)N/N=C\c1cc([N+](=O)[O-])ccc1N1CCCCC1. The summed E-state index contributed by atoms with van der Waals surface area (Å²) in [5.74, 6) is 0.229. The van der Waals surface area contributed by atoms with Crippen LogP contribution in [0.1, 0.15) is 30.4 Å². The Balaban J connectivity index is 1.66. The first-order valence-corrected chi connectivity index (χ1v) is 9.58. The molecule has 0 saturated carbocycles. The Kier molecular flexibility index (Phi) is 6.78. The van der Waals surface area contributed by atoms with Gasteiger partial charge in [0.25, 0.3) is 11.6 Å². The highest BCUT2D eigenvalue weighted by atomic mass is 16.6. The summed E-state index contributed by atoms with van der Waals surface area (Å²) >= 11 is 0. The van der Waals surface area contributed by atoms with Gasteiger partial charge in [-0.1, -0.05) is 18.2 Å². The molecule has 1 amide bonds. The van der Waals surface area contributed by atoms with Gasteiger partial charge < -0.3 is 9.64 Å². The summed E-state index contributed by atoms with van der Waals surface area (Å²) in [7, 11) is 0. The summed E-state index contributed by atoms with van der Waals surface area (Å²) in [6.45, 7) is 3.52. The fourth-order valence-electron chi connectivity index (χ4n) is 3.25. The van der Waals surface area contributed by atoms with Crippen LogP contribution in [-0.4, -0.2) is 36.7 Å². The van der Waals surface area contributed by atoms with Crippen molar-refractivity contribution < 1.29 is 14.5 Å². The number of amides is 1. The number of hydrogen-bond acceptors (Lipinski definition) is 6. The third-order valence-corrected chi connectivity index (χ3v) is 4.76. The summed E-state index contributed by atoms with van der Waals surface area (Å²) in [6.07, 6.45) is 4.80. The topological polar surface area (TPSA) is 97.1 Å². The Labute approximate surface area is 169 Å². The Morgan fingerprint density at radius 3 is 2.72 bits per heavy atom. The zero-order chi connectivity index (χ0) is 20.6. The molecule has 1 aliphatic rings. The zero-order valence-electron chi connectivity index (χ0n) is 16.3. The second-order valence-electron chi connectivity index (χ2n) is 6.90. The average Bonchev–Trinajstić information content (AvgIpc) is 2.73. The Morgan fingerprint density at radius 2 is 2.00 bits per heavy atom. The summed E-state index contributed by atoms with van der Waals surface area (Å²) in [5.41, 5.74) is 4.82. The van der Waals surface area contributed by atoms with Crippen molar-refractivity contribution in [1.82, 2.24) is 5.43 Å². The lowest BCUT2D eigenvalue weighted by Gasteiger charge is -2.29. The molecule has 0 radical (unpaired) electrons. The normalized spacial score (nSPS) is 14.0. The molecule has 1 saturated heterocycles. The monoisotopic (exact) mass is 396 g/mol. The number of hydrogen-bond donors (Lipinski definition) is 1. The average molecular weight is 396 g/mol. The van der Waals surface area contributed by atoms with Crippen LogP contribution in [0.4, 0.5) is 11.4 Å². The molecule has 2 aromatic rings. The van der Waals surface area contributed by atoms with Crippen LogP contribution in [0.5, 0.6) is 5.75 Å². The number of anilines is 1. The van der Waals surface area contributed by atoms with E-state index >= 15 is 0 Å². The lowest BCUT2D eigenvalue weighted by molar-refractivity contribution is -0.384. The maximum absolute atomic E-state index is 12.0. The van der Waals surface area contributed by atoms with Gasteiger partial charge in [0.2, 0.25) is 0 Å². The van der Waals surface area contributed by atoms with E-state index in [1.807, 2.05) is 25.1 Å². The van der Waals surface area contributed by atoms with E-state index in [0.29, 0.717) is 11.3 Å². The maximum atomic E-state index is 12.0. The fraction of sp³-hybridized carbons (Fsp3) is 0.333. The molecule has 8 nitrogen and oxygen atoms in total. The van der Waals surface area contributed by atoms with Crippen molar-refractivity contribution in [1.29, 1.82) is 0 Å². The number of ether oxygens (including phenoxy) is 1. The Bertz CT molecular complexity index is 907. The molecule has 29 heavy (non-hydrogen) atoms. The minimum atomic E-state index is -0.439. The highest BCUT2D eigenvalue weighted by molar-refractivity contribution is 5.90. The zero-order valence-corrected chi connectivity index (χ0v) is 16.3. The van der Waals surface area contributed by atoms with Gasteiger partial charge in [0.05, 0.1) is 11.1 Å². The molecule has 0 aromatic heterocycles. The van der Waals surface area contributed by atoms with Crippen LogP contribution in [0.15, 0.2) is 47.6 Å². The molecular formula is C21H24N4O4. The van der Waals surface area contributed by atoms with E-state index in [1.54, 1.807) is 12.1 Å². The molecule has 1 heterocycles. The number of nitrogens with one attached hydrogen (secondary N) is 1. The van der Waals surface area contributed by atoms with Gasteiger partial charge >= 0.3 is 0 Å². The molecule has 0 spiro atoms. The first-order valence-electron chi connectivity index (χ1n) is 9.58. The van der Waals surface area contributed by atoms with Crippen molar-refractivity contribution >= 4 is 23.5 Å². The van der Waals surface area contributed by atoms with Crippen molar-refractivity contribution in [2.45, 2.75) is 26.2 Å².